The number of rotatable bonds is 7. The second-order valence-corrected chi connectivity index (χ2v) is 10.6. The minimum atomic E-state index is -4.45. The number of aryl methyl sites for hydroxylation is 1. The van der Waals surface area contributed by atoms with E-state index in [1.54, 1.807) is 0 Å². The second-order valence-electron chi connectivity index (χ2n) is 10.6. The molecule has 1 saturated carbocycles. The first-order valence-corrected chi connectivity index (χ1v) is 13.4. The normalized spacial score (nSPS) is 14.8. The first-order chi connectivity index (χ1) is 19.6. The number of imidazole rings is 1. The number of alkyl halides is 3. The molecule has 0 aliphatic heterocycles. The molecule has 11 heteroatoms. The number of hydrogen-bond donors (Lipinski definition) is 2. The third-order valence-corrected chi connectivity index (χ3v) is 7.72. The molecule has 0 bridgehead atoms. The zero-order valence-electron chi connectivity index (χ0n) is 22.4. The number of hydrogen-bond acceptors (Lipinski definition) is 6. The Bertz CT molecular complexity index is 1780. The summed E-state index contributed by atoms with van der Waals surface area (Å²) in [6.45, 7) is 4.11. The molecule has 0 saturated heterocycles. The summed E-state index contributed by atoms with van der Waals surface area (Å²) in [5, 5.41) is 14.0. The van der Waals surface area contributed by atoms with Gasteiger partial charge in [0, 0.05) is 29.2 Å². The Labute approximate surface area is 233 Å². The van der Waals surface area contributed by atoms with Gasteiger partial charge in [-0.3, -0.25) is 4.98 Å². The highest BCUT2D eigenvalue weighted by Crippen LogP contribution is 2.35. The van der Waals surface area contributed by atoms with Crippen molar-refractivity contribution in [3.8, 4) is 11.4 Å². The van der Waals surface area contributed by atoms with Gasteiger partial charge in [-0.05, 0) is 74.6 Å². The molecule has 1 aliphatic carbocycles. The van der Waals surface area contributed by atoms with Crippen molar-refractivity contribution in [3.05, 3.63) is 77.2 Å². The van der Waals surface area contributed by atoms with Crippen LogP contribution in [0.15, 0.2) is 54.6 Å². The predicted octanol–water partition coefficient (Wildman–Crippen LogP) is 6.72. The van der Waals surface area contributed by atoms with E-state index in [1.807, 2.05) is 48.7 Å². The molecule has 6 rings (SSSR count). The zero-order valence-corrected chi connectivity index (χ0v) is 22.4. The van der Waals surface area contributed by atoms with Crippen LogP contribution in [0.4, 0.5) is 19.0 Å². The van der Waals surface area contributed by atoms with Crippen LogP contribution in [0.3, 0.4) is 0 Å². The maximum Gasteiger partial charge on any atom is 0.416 e. The summed E-state index contributed by atoms with van der Waals surface area (Å²) in [6.07, 6.45) is -1.18. The fourth-order valence-electron chi connectivity index (χ4n) is 5.23. The van der Waals surface area contributed by atoms with Crippen LogP contribution < -0.4 is 5.32 Å². The Balaban J connectivity index is 1.54. The van der Waals surface area contributed by atoms with Crippen LogP contribution in [-0.2, 0) is 12.7 Å². The largest absolute Gasteiger partial charge is 0.475 e. The zero-order chi connectivity index (χ0) is 28.9. The van der Waals surface area contributed by atoms with Crippen LogP contribution in [-0.4, -0.2) is 41.6 Å². The fraction of sp³-hybridized carbons (Fsp3) is 0.300. The van der Waals surface area contributed by atoms with Gasteiger partial charge in [0.05, 0.1) is 11.1 Å². The van der Waals surface area contributed by atoms with Gasteiger partial charge in [0.1, 0.15) is 11.3 Å². The molecule has 41 heavy (non-hydrogen) atoms. The van der Waals surface area contributed by atoms with Crippen molar-refractivity contribution < 1.29 is 23.1 Å². The number of benzene rings is 2. The van der Waals surface area contributed by atoms with Crippen LogP contribution >= 0.6 is 0 Å². The lowest BCUT2D eigenvalue weighted by molar-refractivity contribution is -0.137. The van der Waals surface area contributed by atoms with Crippen molar-refractivity contribution in [2.24, 2.45) is 5.92 Å². The molecule has 5 aromatic rings. The van der Waals surface area contributed by atoms with Gasteiger partial charge in [-0.2, -0.15) is 13.2 Å². The molecular weight excluding hydrogens is 533 g/mol. The van der Waals surface area contributed by atoms with Gasteiger partial charge in [-0.15, -0.1) is 0 Å². The second kappa shape index (κ2) is 10.1. The molecular formula is C30H27F3N6O2. The number of halogens is 3. The summed E-state index contributed by atoms with van der Waals surface area (Å²) in [4.78, 5) is 29.9. The quantitative estimate of drug-likeness (QED) is 0.228. The van der Waals surface area contributed by atoms with E-state index >= 15 is 0 Å². The smallest absolute Gasteiger partial charge is 0.416 e. The summed E-state index contributed by atoms with van der Waals surface area (Å²) in [6, 6.07) is 14.5. The van der Waals surface area contributed by atoms with Crippen LogP contribution in [0.25, 0.3) is 33.5 Å². The highest BCUT2D eigenvalue weighted by Gasteiger charge is 2.30. The molecule has 1 atom stereocenters. The van der Waals surface area contributed by atoms with Gasteiger partial charge in [-0.25, -0.2) is 19.7 Å². The Morgan fingerprint density at radius 2 is 1.80 bits per heavy atom. The van der Waals surface area contributed by atoms with Crippen LogP contribution in [0.2, 0.25) is 0 Å². The Kier molecular flexibility index (Phi) is 6.59. The van der Waals surface area contributed by atoms with Gasteiger partial charge >= 0.3 is 12.1 Å². The van der Waals surface area contributed by atoms with E-state index in [0.29, 0.717) is 28.6 Å². The minimum Gasteiger partial charge on any atom is -0.475 e. The topological polar surface area (TPSA) is 106 Å². The molecule has 8 nitrogen and oxygen atoms in total. The van der Waals surface area contributed by atoms with Gasteiger partial charge in [0.15, 0.2) is 11.5 Å². The first-order valence-electron chi connectivity index (χ1n) is 13.4. The molecule has 0 spiro atoms. The summed E-state index contributed by atoms with van der Waals surface area (Å²) < 4.78 is 41.5. The third-order valence-electron chi connectivity index (χ3n) is 7.72. The highest BCUT2D eigenvalue weighted by atomic mass is 19.4. The van der Waals surface area contributed by atoms with Crippen molar-refractivity contribution in [1.29, 1.82) is 0 Å². The van der Waals surface area contributed by atoms with E-state index in [9.17, 15) is 23.1 Å². The number of nitrogens with zero attached hydrogens (tertiary/aromatic N) is 5. The lowest BCUT2D eigenvalue weighted by Crippen LogP contribution is -2.31. The monoisotopic (exact) mass is 560 g/mol. The standard InChI is InChI=1S/C30H27F3N6O2/c1-16-6-9-20-14-21(10-13-23(20)34-16)28-38-26-24(39(28)15-18-7-11-22(12-8-18)30(31,32)33)25(36-27(37-26)29(40)41)35-17(2)19-4-3-5-19/h6-14,17,19H,3-5,15H2,1-2H3,(H,40,41)(H,35,36,37)/t17-/m1/s1. The van der Waals surface area contributed by atoms with Crippen molar-refractivity contribution in [1.82, 2.24) is 24.5 Å². The molecule has 2 aromatic carbocycles. The van der Waals surface area contributed by atoms with E-state index in [2.05, 4.69) is 20.3 Å². The van der Waals surface area contributed by atoms with E-state index < -0.39 is 17.7 Å². The van der Waals surface area contributed by atoms with Gasteiger partial charge in [-0.1, -0.05) is 24.6 Å². The first kappa shape index (κ1) is 26.7. The lowest BCUT2D eigenvalue weighted by Gasteiger charge is -2.32. The van der Waals surface area contributed by atoms with Crippen molar-refractivity contribution in [2.75, 3.05) is 5.32 Å². The SMILES string of the molecule is Cc1ccc2cc(-c3nc4nc(C(=O)O)nc(N[C@H](C)C5CCC5)c4n3Cc3ccc(C(F)(F)F)cc3)ccc2n1. The number of aromatic carboxylic acids is 1. The summed E-state index contributed by atoms with van der Waals surface area (Å²) >= 11 is 0. The van der Waals surface area contributed by atoms with Crippen molar-refractivity contribution >= 4 is 33.9 Å². The molecule has 3 aromatic heterocycles. The van der Waals surface area contributed by atoms with Crippen LogP contribution in [0.5, 0.6) is 0 Å². The summed E-state index contributed by atoms with van der Waals surface area (Å²) in [5.74, 6) is -0.424. The van der Waals surface area contributed by atoms with Crippen molar-refractivity contribution in [2.45, 2.75) is 51.9 Å². The lowest BCUT2D eigenvalue weighted by atomic mass is 9.80. The van der Waals surface area contributed by atoms with Gasteiger partial charge in [0.25, 0.3) is 0 Å². The number of aromatic nitrogens is 5. The number of fused-ring (bicyclic) bond motifs is 2. The van der Waals surface area contributed by atoms with Gasteiger partial charge < -0.3 is 15.0 Å². The average molecular weight is 561 g/mol. The maximum absolute atomic E-state index is 13.2. The number of anilines is 1. The summed E-state index contributed by atoms with van der Waals surface area (Å²) in [7, 11) is 0. The number of carboxylic acid groups (broad SMARTS) is 1. The molecule has 0 radical (unpaired) electrons. The van der Waals surface area contributed by atoms with Crippen molar-refractivity contribution in [3.63, 3.8) is 0 Å². The van der Waals surface area contributed by atoms with E-state index in [4.69, 9.17) is 4.98 Å². The van der Waals surface area contributed by atoms with E-state index in [1.165, 1.54) is 12.1 Å². The van der Waals surface area contributed by atoms with E-state index in [-0.39, 0.29) is 24.1 Å². The van der Waals surface area contributed by atoms with Crippen LogP contribution in [0.1, 0.15) is 53.6 Å². The Hall–Kier alpha value is -4.54. The molecule has 3 heterocycles. The highest BCUT2D eigenvalue weighted by molar-refractivity contribution is 5.93. The number of carbonyl (C=O) groups is 1. The number of nitrogens with one attached hydrogen (secondary N) is 1. The molecule has 0 unspecified atom stereocenters. The predicted molar refractivity (Wildman–Crippen MR) is 149 cm³/mol. The Morgan fingerprint density at radius 3 is 2.46 bits per heavy atom. The van der Waals surface area contributed by atoms with E-state index in [0.717, 1.165) is 53.6 Å². The molecule has 1 aliphatic rings. The average Bonchev–Trinajstić information content (AvgIpc) is 3.25. The van der Waals surface area contributed by atoms with Crippen LogP contribution in [0, 0.1) is 12.8 Å². The maximum atomic E-state index is 13.2. The molecule has 1 fully saturated rings. The van der Waals surface area contributed by atoms with Gasteiger partial charge in [0.2, 0.25) is 5.82 Å². The molecule has 0 amide bonds. The molecule has 210 valence electrons. The Morgan fingerprint density at radius 1 is 1.05 bits per heavy atom. The number of carboxylic acids is 1. The number of pyridine rings is 1. The third kappa shape index (κ3) is 5.19. The summed E-state index contributed by atoms with van der Waals surface area (Å²) in [5.41, 5.74) is 2.96. The molecule has 2 N–H and O–H groups in total. The minimum absolute atomic E-state index is 0.0244. The fourth-order valence-corrected chi connectivity index (χ4v) is 5.23.